The number of halogens is 2. The van der Waals surface area contributed by atoms with Crippen LogP contribution in [-0.2, 0) is 11.3 Å². The van der Waals surface area contributed by atoms with Crippen LogP contribution in [0.3, 0.4) is 0 Å². The van der Waals surface area contributed by atoms with E-state index in [4.69, 9.17) is 5.73 Å². The molecule has 0 aliphatic carbocycles. The molecule has 128 valence electrons. The molecule has 2 rings (SSSR count). The van der Waals surface area contributed by atoms with Crippen LogP contribution in [0.15, 0.2) is 42.5 Å². The van der Waals surface area contributed by atoms with Crippen molar-refractivity contribution in [2.75, 3.05) is 0 Å². The summed E-state index contributed by atoms with van der Waals surface area (Å²) >= 11 is 0. The molecule has 2 aromatic rings. The van der Waals surface area contributed by atoms with E-state index in [1.807, 2.05) is 26.0 Å². The molecule has 0 fully saturated rings. The number of hydrogen-bond donors (Lipinski definition) is 2. The Bertz CT molecular complexity index is 703. The standard InChI is InChI=1S/C18H20F2N2O2/c1-11-3-6-13(7-4-11)16(21)17(23)22-10-14-9-12(2)5-8-15(14)24-18(19)20/h3-9,16,18H,10,21H2,1-2H3,(H,22,23). The van der Waals surface area contributed by atoms with E-state index in [0.717, 1.165) is 11.1 Å². The maximum atomic E-state index is 12.5. The number of ether oxygens (including phenoxy) is 1. The van der Waals surface area contributed by atoms with Gasteiger partial charge >= 0.3 is 6.61 Å². The van der Waals surface area contributed by atoms with Gasteiger partial charge in [0.25, 0.3) is 0 Å². The van der Waals surface area contributed by atoms with Gasteiger partial charge in [-0.2, -0.15) is 8.78 Å². The lowest BCUT2D eigenvalue weighted by Crippen LogP contribution is -2.33. The van der Waals surface area contributed by atoms with Gasteiger partial charge in [-0.1, -0.05) is 47.5 Å². The number of rotatable bonds is 6. The molecule has 2 aromatic carbocycles. The van der Waals surface area contributed by atoms with Gasteiger partial charge in [-0.05, 0) is 25.5 Å². The lowest BCUT2D eigenvalue weighted by atomic mass is 10.0. The van der Waals surface area contributed by atoms with Crippen LogP contribution < -0.4 is 15.8 Å². The van der Waals surface area contributed by atoms with E-state index in [0.29, 0.717) is 11.1 Å². The molecule has 0 aromatic heterocycles. The van der Waals surface area contributed by atoms with Crippen LogP contribution in [0.2, 0.25) is 0 Å². The van der Waals surface area contributed by atoms with Gasteiger partial charge in [0.2, 0.25) is 5.91 Å². The third kappa shape index (κ3) is 4.76. The molecule has 0 saturated heterocycles. The summed E-state index contributed by atoms with van der Waals surface area (Å²) in [7, 11) is 0. The highest BCUT2D eigenvalue weighted by atomic mass is 19.3. The Hall–Kier alpha value is -2.47. The number of nitrogens with one attached hydrogen (secondary N) is 1. The second-order valence-electron chi connectivity index (χ2n) is 5.60. The topological polar surface area (TPSA) is 64.4 Å². The van der Waals surface area contributed by atoms with Crippen LogP contribution in [0.25, 0.3) is 0 Å². The molecule has 4 nitrogen and oxygen atoms in total. The van der Waals surface area contributed by atoms with Crippen LogP contribution in [0.5, 0.6) is 5.75 Å². The van der Waals surface area contributed by atoms with E-state index < -0.39 is 12.7 Å². The summed E-state index contributed by atoms with van der Waals surface area (Å²) < 4.78 is 29.4. The largest absolute Gasteiger partial charge is 0.434 e. The van der Waals surface area contributed by atoms with Crippen molar-refractivity contribution in [2.45, 2.75) is 33.0 Å². The summed E-state index contributed by atoms with van der Waals surface area (Å²) in [5.41, 5.74) is 9.04. The van der Waals surface area contributed by atoms with Gasteiger partial charge in [0.1, 0.15) is 11.8 Å². The number of aryl methyl sites for hydroxylation is 2. The number of benzene rings is 2. The van der Waals surface area contributed by atoms with Crippen molar-refractivity contribution < 1.29 is 18.3 Å². The van der Waals surface area contributed by atoms with Crippen LogP contribution in [0.1, 0.15) is 28.3 Å². The van der Waals surface area contributed by atoms with E-state index in [1.54, 1.807) is 24.3 Å². The summed E-state index contributed by atoms with van der Waals surface area (Å²) in [6.45, 7) is 0.909. The number of hydrogen-bond acceptors (Lipinski definition) is 3. The minimum absolute atomic E-state index is 0.0415. The highest BCUT2D eigenvalue weighted by molar-refractivity contribution is 5.83. The summed E-state index contributed by atoms with van der Waals surface area (Å²) in [4.78, 5) is 12.2. The minimum atomic E-state index is -2.92. The third-order valence-corrected chi connectivity index (χ3v) is 3.60. The van der Waals surface area contributed by atoms with E-state index in [9.17, 15) is 13.6 Å². The monoisotopic (exact) mass is 334 g/mol. The Morgan fingerprint density at radius 3 is 2.38 bits per heavy atom. The number of carbonyl (C=O) groups is 1. The molecule has 0 aliphatic heterocycles. The van der Waals surface area contributed by atoms with Crippen LogP contribution in [0.4, 0.5) is 8.78 Å². The molecule has 0 saturated carbocycles. The highest BCUT2D eigenvalue weighted by Gasteiger charge is 2.17. The maximum Gasteiger partial charge on any atom is 0.387 e. The van der Waals surface area contributed by atoms with Crippen molar-refractivity contribution in [1.82, 2.24) is 5.32 Å². The predicted molar refractivity (Wildman–Crippen MR) is 87.8 cm³/mol. The van der Waals surface area contributed by atoms with Crippen LogP contribution >= 0.6 is 0 Å². The number of alkyl halides is 2. The molecule has 24 heavy (non-hydrogen) atoms. The first-order valence-electron chi connectivity index (χ1n) is 7.51. The Balaban J connectivity index is 2.05. The molecule has 0 bridgehead atoms. The van der Waals surface area contributed by atoms with Crippen LogP contribution in [0, 0.1) is 13.8 Å². The van der Waals surface area contributed by atoms with Gasteiger partial charge in [-0.25, -0.2) is 0 Å². The molecule has 0 aliphatic rings. The zero-order valence-electron chi connectivity index (χ0n) is 13.6. The van der Waals surface area contributed by atoms with Gasteiger partial charge in [-0.15, -0.1) is 0 Å². The lowest BCUT2D eigenvalue weighted by Gasteiger charge is -2.15. The van der Waals surface area contributed by atoms with Gasteiger partial charge in [0.05, 0.1) is 0 Å². The average molecular weight is 334 g/mol. The smallest absolute Gasteiger partial charge is 0.387 e. The number of amides is 1. The summed E-state index contributed by atoms with van der Waals surface area (Å²) in [6.07, 6.45) is 0. The lowest BCUT2D eigenvalue weighted by molar-refractivity contribution is -0.122. The molecule has 0 heterocycles. The summed E-state index contributed by atoms with van der Waals surface area (Å²) in [5.74, 6) is -0.344. The second-order valence-corrected chi connectivity index (χ2v) is 5.60. The molecule has 0 spiro atoms. The van der Waals surface area contributed by atoms with E-state index in [-0.39, 0.29) is 18.2 Å². The fourth-order valence-electron chi connectivity index (χ4n) is 2.27. The Morgan fingerprint density at radius 2 is 1.75 bits per heavy atom. The molecule has 0 radical (unpaired) electrons. The molecular formula is C18H20F2N2O2. The van der Waals surface area contributed by atoms with Gasteiger partial charge < -0.3 is 15.8 Å². The summed E-state index contributed by atoms with van der Waals surface area (Å²) in [6, 6.07) is 11.3. The Morgan fingerprint density at radius 1 is 1.12 bits per heavy atom. The molecule has 1 amide bonds. The number of nitrogens with two attached hydrogens (primary N) is 1. The van der Waals surface area contributed by atoms with Crippen molar-refractivity contribution in [2.24, 2.45) is 5.73 Å². The van der Waals surface area contributed by atoms with E-state index in [1.165, 1.54) is 6.07 Å². The van der Waals surface area contributed by atoms with Crippen molar-refractivity contribution in [3.05, 3.63) is 64.7 Å². The minimum Gasteiger partial charge on any atom is -0.434 e. The Labute approximate surface area is 139 Å². The van der Waals surface area contributed by atoms with Gasteiger partial charge in [-0.3, -0.25) is 4.79 Å². The molecule has 6 heteroatoms. The predicted octanol–water partition coefficient (Wildman–Crippen LogP) is 3.22. The molecule has 3 N–H and O–H groups in total. The fourth-order valence-corrected chi connectivity index (χ4v) is 2.27. The highest BCUT2D eigenvalue weighted by Crippen LogP contribution is 2.22. The first kappa shape index (κ1) is 17.9. The SMILES string of the molecule is Cc1ccc(C(N)C(=O)NCc2cc(C)ccc2OC(F)F)cc1. The average Bonchev–Trinajstić information content (AvgIpc) is 2.54. The zero-order chi connectivity index (χ0) is 17.7. The van der Waals surface area contributed by atoms with Gasteiger partial charge in [0.15, 0.2) is 0 Å². The summed E-state index contributed by atoms with van der Waals surface area (Å²) in [5, 5.41) is 2.66. The second kappa shape index (κ2) is 7.88. The van der Waals surface area contributed by atoms with Gasteiger partial charge in [0, 0.05) is 12.1 Å². The van der Waals surface area contributed by atoms with Crippen LogP contribution in [-0.4, -0.2) is 12.5 Å². The normalized spacial score (nSPS) is 12.1. The fraction of sp³-hybridized carbons (Fsp3) is 0.278. The Kier molecular flexibility index (Phi) is 5.87. The third-order valence-electron chi connectivity index (χ3n) is 3.60. The molecule has 1 unspecified atom stereocenters. The van der Waals surface area contributed by atoms with E-state index >= 15 is 0 Å². The van der Waals surface area contributed by atoms with Crippen molar-refractivity contribution >= 4 is 5.91 Å². The molecule has 1 atom stereocenters. The molecular weight excluding hydrogens is 314 g/mol. The van der Waals surface area contributed by atoms with Crippen molar-refractivity contribution in [3.8, 4) is 5.75 Å². The van der Waals surface area contributed by atoms with Crippen molar-refractivity contribution in [3.63, 3.8) is 0 Å². The number of carbonyl (C=O) groups excluding carboxylic acids is 1. The first-order chi connectivity index (χ1) is 11.4. The zero-order valence-corrected chi connectivity index (χ0v) is 13.6. The quantitative estimate of drug-likeness (QED) is 0.852. The first-order valence-corrected chi connectivity index (χ1v) is 7.51. The maximum absolute atomic E-state index is 12.5. The van der Waals surface area contributed by atoms with Crippen molar-refractivity contribution in [1.29, 1.82) is 0 Å². The van der Waals surface area contributed by atoms with E-state index in [2.05, 4.69) is 10.1 Å².